The van der Waals surface area contributed by atoms with Crippen molar-refractivity contribution in [1.29, 1.82) is 0 Å². The van der Waals surface area contributed by atoms with Crippen molar-refractivity contribution in [2.75, 3.05) is 43.3 Å². The molecule has 60 heavy (non-hydrogen) atoms. The fourth-order valence-electron chi connectivity index (χ4n) is 5.10. The summed E-state index contributed by atoms with van der Waals surface area (Å²) >= 11 is 0. The molecule has 5 rings (SSSR count). The Morgan fingerprint density at radius 2 is 1.48 bits per heavy atom. The number of methoxy groups -OCH3 is 2. The molecule has 0 fully saturated rings. The van der Waals surface area contributed by atoms with Crippen LogP contribution in [0.15, 0.2) is 91.6 Å². The summed E-state index contributed by atoms with van der Waals surface area (Å²) in [6, 6.07) is 13.2. The zero-order valence-corrected chi connectivity index (χ0v) is 41.7. The molecule has 0 bridgehead atoms. The van der Waals surface area contributed by atoms with Crippen molar-refractivity contribution in [2.24, 2.45) is 10.2 Å². The molecule has 2 N–H and O–H groups in total. The zero-order valence-electron chi connectivity index (χ0n) is 32.5. The second-order valence-electron chi connectivity index (χ2n) is 11.3. The summed E-state index contributed by atoms with van der Waals surface area (Å²) in [7, 11) is -17.0. The minimum atomic E-state index is -5.41. The van der Waals surface area contributed by atoms with E-state index in [0.29, 0.717) is 0 Å². The summed E-state index contributed by atoms with van der Waals surface area (Å²) in [5.41, 5.74) is -1.07. The molecule has 0 atom stereocenters. The van der Waals surface area contributed by atoms with Crippen LogP contribution in [-0.4, -0.2) is 95.4 Å². The molecular formula is C31H28N7Na3O15S4. The van der Waals surface area contributed by atoms with Crippen LogP contribution in [0.25, 0.3) is 10.8 Å². The Bertz CT molecular complexity index is 2860. The fourth-order valence-corrected chi connectivity index (χ4v) is 7.89. The van der Waals surface area contributed by atoms with E-state index in [1.807, 2.05) is 0 Å². The Kier molecular flexibility index (Phi) is 19.3. The molecule has 0 aliphatic heterocycles. The second-order valence-corrected chi connectivity index (χ2v) is 17.2. The van der Waals surface area contributed by atoms with Crippen LogP contribution >= 0.6 is 0 Å². The number of benzene rings is 4. The first-order valence-electron chi connectivity index (χ1n) is 15.7. The van der Waals surface area contributed by atoms with Gasteiger partial charge in [0.05, 0.1) is 47.0 Å². The third-order valence-corrected chi connectivity index (χ3v) is 11.5. The summed E-state index contributed by atoms with van der Waals surface area (Å²) in [4.78, 5) is 12.1. The van der Waals surface area contributed by atoms with Gasteiger partial charge in [0.2, 0.25) is 11.9 Å². The summed E-state index contributed by atoms with van der Waals surface area (Å²) < 4.78 is 143. The van der Waals surface area contributed by atoms with Crippen LogP contribution in [0, 0.1) is 0 Å². The number of azo groups is 1. The van der Waals surface area contributed by atoms with Gasteiger partial charge in [-0.15, -0.1) is 10.2 Å². The molecule has 22 nitrogen and oxygen atoms in total. The average molecular weight is 936 g/mol. The van der Waals surface area contributed by atoms with Gasteiger partial charge < -0.3 is 33.9 Å². The fraction of sp³-hybridized carbons (Fsp3) is 0.194. The van der Waals surface area contributed by atoms with Crippen LogP contribution in [0.1, 0.15) is 6.92 Å². The first-order valence-corrected chi connectivity index (χ1v) is 21.6. The number of nitrogens with zero attached hydrogens (tertiary/aromatic N) is 6. The maximum Gasteiger partial charge on any atom is 1.00 e. The largest absolute Gasteiger partial charge is 1.00 e. The number of aromatic nitrogens is 3. The van der Waals surface area contributed by atoms with Crippen molar-refractivity contribution < 1.29 is 155 Å². The molecule has 1 heterocycles. The van der Waals surface area contributed by atoms with E-state index in [0.717, 1.165) is 18.2 Å². The number of anilines is 4. The number of hydrogen-bond donors (Lipinski definition) is 2. The van der Waals surface area contributed by atoms with E-state index in [1.165, 1.54) is 61.6 Å². The summed E-state index contributed by atoms with van der Waals surface area (Å²) in [6.07, 6.45) is 0. The Morgan fingerprint density at radius 3 is 2.08 bits per heavy atom. The van der Waals surface area contributed by atoms with Crippen LogP contribution in [0.4, 0.5) is 34.6 Å². The van der Waals surface area contributed by atoms with Gasteiger partial charge in [0, 0.05) is 17.9 Å². The maximum absolute atomic E-state index is 13.5. The zero-order chi connectivity index (χ0) is 41.9. The topological polar surface area (TPSA) is 332 Å². The van der Waals surface area contributed by atoms with Crippen molar-refractivity contribution in [2.45, 2.75) is 21.6 Å². The van der Waals surface area contributed by atoms with Gasteiger partial charge in [-0.25, -0.2) is 29.4 Å². The third-order valence-electron chi connectivity index (χ3n) is 7.67. The smallest absolute Gasteiger partial charge is 0.871 e. The maximum atomic E-state index is 13.5. The number of fused-ring (bicyclic) bond motifs is 1. The molecule has 304 valence electrons. The Morgan fingerprint density at radius 1 is 0.800 bits per heavy atom. The van der Waals surface area contributed by atoms with E-state index in [4.69, 9.17) is 14.0 Å². The molecule has 0 saturated carbocycles. The van der Waals surface area contributed by atoms with Gasteiger partial charge >= 0.3 is 105 Å². The molecule has 0 radical (unpaired) electrons. The molecule has 0 amide bonds. The molecule has 29 heteroatoms. The molecule has 0 aliphatic carbocycles. The first kappa shape index (κ1) is 53.5. The van der Waals surface area contributed by atoms with E-state index < -0.39 is 79.7 Å². The van der Waals surface area contributed by atoms with Crippen molar-refractivity contribution >= 4 is 85.9 Å². The van der Waals surface area contributed by atoms with Crippen molar-refractivity contribution in [3.05, 3.63) is 66.7 Å². The Hall–Kier alpha value is -2.61. The molecule has 0 spiro atoms. The molecule has 0 aliphatic rings. The van der Waals surface area contributed by atoms with E-state index in [1.54, 1.807) is 13.0 Å². The van der Waals surface area contributed by atoms with Crippen LogP contribution in [0.3, 0.4) is 0 Å². The summed E-state index contributed by atoms with van der Waals surface area (Å²) in [5, 5.41) is 23.4. The van der Waals surface area contributed by atoms with E-state index in [9.17, 15) is 47.9 Å². The first-order chi connectivity index (χ1) is 26.6. The number of hydrogen-bond acceptors (Lipinski definition) is 21. The van der Waals surface area contributed by atoms with E-state index in [2.05, 4.69) is 34.7 Å². The van der Waals surface area contributed by atoms with Gasteiger partial charge in [0.1, 0.15) is 31.7 Å². The van der Waals surface area contributed by atoms with Gasteiger partial charge in [-0.05, 0) is 72.3 Å². The SMILES string of the molecule is CCN(c1cccc(S(=O)(=O)CCOS(=O)(=O)O)c1)c1nc(Nc2ccc3c([O-])c(N=Nc4ccc(OC)cc4S(=O)(=O)[O-])c(S(=O)(=O)[O-])cc3c2)nc(OC)n1.[Na+].[Na+].[Na+]. The van der Waals surface area contributed by atoms with Crippen molar-refractivity contribution in [3.63, 3.8) is 0 Å². The van der Waals surface area contributed by atoms with Crippen molar-refractivity contribution in [3.8, 4) is 17.5 Å². The summed E-state index contributed by atoms with van der Waals surface area (Å²) in [6.45, 7) is 1.03. The number of nitrogens with one attached hydrogen (secondary N) is 1. The normalized spacial score (nSPS) is 11.9. The molecule has 0 saturated heterocycles. The predicted molar refractivity (Wildman–Crippen MR) is 195 cm³/mol. The van der Waals surface area contributed by atoms with Gasteiger partial charge in [0.25, 0.3) is 0 Å². The van der Waals surface area contributed by atoms with Crippen LogP contribution < -0.4 is 113 Å². The predicted octanol–water partition coefficient (Wildman–Crippen LogP) is -6.15. The minimum Gasteiger partial charge on any atom is -0.871 e. The van der Waals surface area contributed by atoms with Crippen LogP contribution in [0.2, 0.25) is 0 Å². The van der Waals surface area contributed by atoms with Gasteiger partial charge in [-0.2, -0.15) is 23.4 Å². The van der Waals surface area contributed by atoms with Crippen LogP contribution in [0.5, 0.6) is 17.5 Å². The number of sulfone groups is 1. The number of rotatable bonds is 16. The van der Waals surface area contributed by atoms with E-state index in [-0.39, 0.29) is 146 Å². The quantitative estimate of drug-likeness (QED) is 0.0528. The molecule has 1 aromatic heterocycles. The molecule has 4 aromatic carbocycles. The van der Waals surface area contributed by atoms with Gasteiger partial charge in [-0.1, -0.05) is 17.9 Å². The van der Waals surface area contributed by atoms with E-state index >= 15 is 0 Å². The second kappa shape index (κ2) is 21.7. The summed E-state index contributed by atoms with van der Waals surface area (Å²) in [5.74, 6) is -2.06. The van der Waals surface area contributed by atoms with Gasteiger partial charge in [0.15, 0.2) is 9.84 Å². The Balaban J connectivity index is 0.00000413. The monoisotopic (exact) mass is 935 g/mol. The minimum absolute atomic E-state index is 0. The molecular weight excluding hydrogens is 908 g/mol. The average Bonchev–Trinajstić information content (AvgIpc) is 3.13. The molecule has 0 unspecified atom stereocenters. The third kappa shape index (κ3) is 13.4. The Labute approximate surface area is 410 Å². The standard InChI is InChI=1S/C31H31N7O15S4.3Na/c1-4-38(20-6-5-7-22(16-20)54(40,41)13-12-53-57(48,49)50)30-33-29(34-31(35-30)52-3)32-19-8-10-23-18(14-19)15-26(56(45,46)47)27(28(23)39)37-36-24-11-9-21(51-2)17-25(24)55(42,43)44;;;/h5-11,14-17,39H,4,12-13H2,1-3H3,(H,42,43,44)(H,45,46,47)(H,48,49,50)(H,32,33,34,35);;;/q;3*+1/p-3. The van der Waals surface area contributed by atoms with Crippen LogP contribution in [-0.2, 0) is 44.7 Å². The molecule has 5 aromatic rings. The number of ether oxygens (including phenoxy) is 2. The van der Waals surface area contributed by atoms with Crippen molar-refractivity contribution in [1.82, 2.24) is 15.0 Å². The van der Waals surface area contributed by atoms with Gasteiger partial charge in [-0.3, -0.25) is 4.55 Å².